The lowest BCUT2D eigenvalue weighted by atomic mass is 9.71. The van der Waals surface area contributed by atoms with Crippen molar-refractivity contribution in [2.75, 3.05) is 32.7 Å². The molecule has 1 N–H and O–H groups in total. The Bertz CT molecular complexity index is 650. The molecule has 1 aliphatic carbocycles. The maximum atomic E-state index is 12.5. The van der Waals surface area contributed by atoms with Crippen LogP contribution in [0.25, 0.3) is 0 Å². The Kier molecular flexibility index (Phi) is 6.25. The fourth-order valence-electron chi connectivity index (χ4n) is 5.61. The van der Waals surface area contributed by atoms with Crippen molar-refractivity contribution in [3.8, 4) is 0 Å². The van der Waals surface area contributed by atoms with E-state index in [0.717, 1.165) is 13.1 Å². The molecule has 0 bridgehead atoms. The number of amides is 2. The van der Waals surface area contributed by atoms with Crippen molar-refractivity contribution in [1.82, 2.24) is 15.1 Å². The van der Waals surface area contributed by atoms with Crippen molar-refractivity contribution in [2.45, 2.75) is 64.3 Å². The van der Waals surface area contributed by atoms with Crippen LogP contribution in [-0.2, 0) is 6.42 Å². The van der Waals surface area contributed by atoms with Gasteiger partial charge in [-0.2, -0.15) is 0 Å². The van der Waals surface area contributed by atoms with Crippen LogP contribution in [0.3, 0.4) is 0 Å². The molecule has 3 atom stereocenters. The summed E-state index contributed by atoms with van der Waals surface area (Å²) in [6.07, 6.45) is 7.75. The van der Waals surface area contributed by atoms with Crippen LogP contribution in [0.4, 0.5) is 4.79 Å². The van der Waals surface area contributed by atoms with Gasteiger partial charge in [0.25, 0.3) is 0 Å². The maximum Gasteiger partial charge on any atom is 0.317 e. The van der Waals surface area contributed by atoms with E-state index in [9.17, 15) is 4.79 Å². The highest BCUT2D eigenvalue weighted by Crippen LogP contribution is 2.45. The number of nitrogens with zero attached hydrogens (tertiary/aromatic N) is 2. The highest BCUT2D eigenvalue weighted by atomic mass is 16.2. The van der Waals surface area contributed by atoms with Crippen LogP contribution in [0.15, 0.2) is 24.3 Å². The summed E-state index contributed by atoms with van der Waals surface area (Å²) in [5, 5.41) is 3.08. The molecule has 1 saturated carbocycles. The molecule has 2 amide bonds. The predicted molar refractivity (Wildman–Crippen MR) is 115 cm³/mol. The molecule has 3 fully saturated rings. The van der Waals surface area contributed by atoms with Gasteiger partial charge in [-0.3, -0.25) is 0 Å². The zero-order valence-electron chi connectivity index (χ0n) is 17.7. The third-order valence-electron chi connectivity index (χ3n) is 7.12. The van der Waals surface area contributed by atoms with Gasteiger partial charge in [0.05, 0.1) is 0 Å². The third-order valence-corrected chi connectivity index (χ3v) is 7.12. The Morgan fingerprint density at radius 3 is 2.54 bits per heavy atom. The first-order chi connectivity index (χ1) is 13.6. The van der Waals surface area contributed by atoms with E-state index in [1.54, 1.807) is 0 Å². The normalized spacial score (nSPS) is 28.0. The van der Waals surface area contributed by atoms with Gasteiger partial charge in [0.15, 0.2) is 0 Å². The van der Waals surface area contributed by atoms with Gasteiger partial charge in [-0.05, 0) is 87.9 Å². The highest BCUT2D eigenvalue weighted by Gasteiger charge is 2.42. The number of likely N-dealkylation sites (tertiary alicyclic amines) is 2. The minimum atomic E-state index is 0.125. The zero-order valence-corrected chi connectivity index (χ0v) is 17.7. The number of carbonyl (C=O) groups is 1. The fraction of sp³-hybridized carbons (Fsp3) is 0.708. The Balaban J connectivity index is 1.37. The van der Waals surface area contributed by atoms with E-state index in [1.165, 1.54) is 69.3 Å². The van der Waals surface area contributed by atoms with Crippen LogP contribution in [0.5, 0.6) is 0 Å². The smallest absolute Gasteiger partial charge is 0.317 e. The average Bonchev–Trinajstić information content (AvgIpc) is 3.35. The quantitative estimate of drug-likeness (QED) is 0.825. The number of benzene rings is 1. The molecule has 2 heterocycles. The number of hydrogen-bond acceptors (Lipinski definition) is 2. The first-order valence-corrected chi connectivity index (χ1v) is 11.5. The topological polar surface area (TPSA) is 35.6 Å². The minimum Gasteiger partial charge on any atom is -0.336 e. The molecule has 2 aliphatic heterocycles. The lowest BCUT2D eigenvalue weighted by molar-refractivity contribution is 0.203. The largest absolute Gasteiger partial charge is 0.336 e. The maximum absolute atomic E-state index is 12.5. The van der Waals surface area contributed by atoms with Crippen molar-refractivity contribution >= 4 is 6.03 Å². The second-order valence-electron chi connectivity index (χ2n) is 9.51. The van der Waals surface area contributed by atoms with Crippen molar-refractivity contribution in [3.63, 3.8) is 0 Å². The molecule has 4 heteroatoms. The average molecular weight is 384 g/mol. The third kappa shape index (κ3) is 4.53. The van der Waals surface area contributed by atoms with Gasteiger partial charge >= 0.3 is 6.03 Å². The molecular weight excluding hydrogens is 346 g/mol. The summed E-state index contributed by atoms with van der Waals surface area (Å²) >= 11 is 0. The van der Waals surface area contributed by atoms with Gasteiger partial charge < -0.3 is 15.1 Å². The molecule has 28 heavy (non-hydrogen) atoms. The fourth-order valence-corrected chi connectivity index (χ4v) is 5.61. The first kappa shape index (κ1) is 19.8. The van der Waals surface area contributed by atoms with Crippen molar-refractivity contribution in [3.05, 3.63) is 35.4 Å². The monoisotopic (exact) mass is 383 g/mol. The predicted octanol–water partition coefficient (Wildman–Crippen LogP) is 4.26. The number of fused-ring (bicyclic) bond motifs is 1. The molecule has 154 valence electrons. The van der Waals surface area contributed by atoms with Crippen LogP contribution in [0.1, 0.15) is 63.0 Å². The minimum absolute atomic E-state index is 0.125. The second kappa shape index (κ2) is 8.86. The number of nitrogens with one attached hydrogen (secondary N) is 1. The van der Waals surface area contributed by atoms with Crippen LogP contribution >= 0.6 is 0 Å². The number of rotatable bonds is 5. The van der Waals surface area contributed by atoms with Gasteiger partial charge in [0.2, 0.25) is 0 Å². The molecule has 0 aromatic heterocycles. The Morgan fingerprint density at radius 2 is 1.82 bits per heavy atom. The second-order valence-corrected chi connectivity index (χ2v) is 9.51. The summed E-state index contributed by atoms with van der Waals surface area (Å²) in [5.74, 6) is 1.91. The lowest BCUT2D eigenvalue weighted by Crippen LogP contribution is -2.42. The summed E-state index contributed by atoms with van der Waals surface area (Å²) in [4.78, 5) is 17.1. The molecule has 0 spiro atoms. The van der Waals surface area contributed by atoms with E-state index in [2.05, 4.69) is 39.4 Å². The van der Waals surface area contributed by atoms with Crippen LogP contribution < -0.4 is 5.32 Å². The molecule has 1 aromatic rings. The van der Waals surface area contributed by atoms with Crippen LogP contribution in [0.2, 0.25) is 0 Å². The highest BCUT2D eigenvalue weighted by molar-refractivity contribution is 5.74. The zero-order chi connectivity index (χ0) is 19.5. The van der Waals surface area contributed by atoms with E-state index >= 15 is 0 Å². The molecule has 1 aromatic carbocycles. The molecule has 4 nitrogen and oxygen atoms in total. The molecule has 0 radical (unpaired) electrons. The van der Waals surface area contributed by atoms with E-state index in [1.807, 2.05) is 13.8 Å². The molecule has 3 aliphatic rings. The Hall–Kier alpha value is -1.55. The van der Waals surface area contributed by atoms with Gasteiger partial charge in [0.1, 0.15) is 0 Å². The first-order valence-electron chi connectivity index (χ1n) is 11.5. The standard InChI is InChI=1S/C24H37N3O/c1-18(2)25-24(28)27-16-21-6-5-7-22(23(21)17-27)20-10-8-19(9-11-20)12-15-26-13-3-4-14-26/h8-11,18,21-23H,3-7,12-17H2,1-2H3,(H,25,28). The summed E-state index contributed by atoms with van der Waals surface area (Å²) in [7, 11) is 0. The molecule has 4 rings (SSSR count). The molecular formula is C24H37N3O. The SMILES string of the molecule is CC(C)NC(=O)N1CC2CCCC(c3ccc(CCN4CCCC4)cc3)C2C1. The van der Waals surface area contributed by atoms with Gasteiger partial charge in [-0.25, -0.2) is 4.79 Å². The molecule has 3 unspecified atom stereocenters. The lowest BCUT2D eigenvalue weighted by Gasteiger charge is -2.33. The van der Waals surface area contributed by atoms with Gasteiger partial charge in [0, 0.05) is 25.7 Å². The van der Waals surface area contributed by atoms with Crippen molar-refractivity contribution in [2.24, 2.45) is 11.8 Å². The Morgan fingerprint density at radius 1 is 1.07 bits per heavy atom. The van der Waals surface area contributed by atoms with E-state index in [0.29, 0.717) is 17.8 Å². The van der Waals surface area contributed by atoms with Crippen molar-refractivity contribution in [1.29, 1.82) is 0 Å². The molecule has 2 saturated heterocycles. The van der Waals surface area contributed by atoms with Crippen LogP contribution in [0, 0.1) is 11.8 Å². The summed E-state index contributed by atoms with van der Waals surface area (Å²) in [5.41, 5.74) is 2.96. The van der Waals surface area contributed by atoms with E-state index < -0.39 is 0 Å². The number of urea groups is 1. The summed E-state index contributed by atoms with van der Waals surface area (Å²) in [6, 6.07) is 9.80. The Labute approximate surface area is 170 Å². The van der Waals surface area contributed by atoms with Gasteiger partial charge in [-0.15, -0.1) is 0 Å². The van der Waals surface area contributed by atoms with E-state index in [-0.39, 0.29) is 12.1 Å². The summed E-state index contributed by atoms with van der Waals surface area (Å²) in [6.45, 7) is 9.70. The van der Waals surface area contributed by atoms with Crippen molar-refractivity contribution < 1.29 is 4.79 Å². The number of carbonyl (C=O) groups excluding carboxylic acids is 1. The summed E-state index contributed by atoms with van der Waals surface area (Å²) < 4.78 is 0. The van der Waals surface area contributed by atoms with Gasteiger partial charge in [-0.1, -0.05) is 30.7 Å². The van der Waals surface area contributed by atoms with Crippen LogP contribution in [-0.4, -0.2) is 54.6 Å². The number of hydrogen-bond donors (Lipinski definition) is 1. The van der Waals surface area contributed by atoms with E-state index in [4.69, 9.17) is 0 Å².